The lowest BCUT2D eigenvalue weighted by molar-refractivity contribution is -0.475. The van der Waals surface area contributed by atoms with Crippen molar-refractivity contribution in [3.63, 3.8) is 0 Å². The molecule has 2 aliphatic rings. The molecule has 12 heavy (non-hydrogen) atoms. The number of nitrogens with zero attached hydrogens (tertiary/aromatic N) is 1. The first-order valence-corrected chi connectivity index (χ1v) is 4.06. The van der Waals surface area contributed by atoms with Gasteiger partial charge in [0.15, 0.2) is 0 Å². The van der Waals surface area contributed by atoms with Gasteiger partial charge in [0.05, 0.1) is 6.72 Å². The fourth-order valence-electron chi connectivity index (χ4n) is 1.57. The molecule has 0 aromatic heterocycles. The summed E-state index contributed by atoms with van der Waals surface area (Å²) in [4.78, 5) is 0. The molecule has 0 radical (unpaired) electrons. The van der Waals surface area contributed by atoms with Crippen LogP contribution < -0.4 is 0 Å². The Hall–Kier alpha value is -1.15. The minimum absolute atomic E-state index is 0.934. The van der Waals surface area contributed by atoms with E-state index in [-0.39, 0.29) is 0 Å². The summed E-state index contributed by atoms with van der Waals surface area (Å²) >= 11 is 0. The molecular weight excluding hydrogens is 150 g/mol. The Labute approximate surface area is 72.9 Å². The summed E-state index contributed by atoms with van der Waals surface area (Å²) in [5.74, 6) is 0. The predicted octanol–water partition coefficient (Wildman–Crippen LogP) is 1.31. The highest BCUT2D eigenvalue weighted by atomic mass is 16.5. The monoisotopic (exact) mass is 162 g/mol. The highest BCUT2D eigenvalue weighted by molar-refractivity contribution is 5.43. The standard InChI is InChI=1S/C10H12NO/c1-11-6-5-8-7-9(12-2)3-4-10(8)11/h3-4,7H,1,5-6H2,2H3/q-1. The van der Waals surface area contributed by atoms with Crippen LogP contribution in [0.1, 0.15) is 6.42 Å². The molecule has 0 N–H and O–H groups in total. The molecule has 0 spiro atoms. The van der Waals surface area contributed by atoms with E-state index in [0.29, 0.717) is 0 Å². The molecule has 64 valence electrons. The molecule has 0 bridgehead atoms. The Kier molecular flexibility index (Phi) is 1.70. The third-order valence-corrected chi connectivity index (χ3v) is 2.28. The van der Waals surface area contributed by atoms with Crippen molar-refractivity contribution in [2.75, 3.05) is 13.7 Å². The topological polar surface area (TPSA) is 12.2 Å². The molecule has 0 aromatic carbocycles. The molecule has 0 unspecified atom stereocenters. The van der Waals surface area contributed by atoms with Gasteiger partial charge >= 0.3 is 0 Å². The fourth-order valence-corrected chi connectivity index (χ4v) is 1.57. The van der Waals surface area contributed by atoms with E-state index in [1.54, 1.807) is 7.11 Å². The minimum Gasteiger partial charge on any atom is -0.429 e. The van der Waals surface area contributed by atoms with Crippen molar-refractivity contribution >= 4 is 6.72 Å². The van der Waals surface area contributed by atoms with Crippen LogP contribution in [0.5, 0.6) is 0 Å². The molecule has 1 aliphatic heterocycles. The minimum atomic E-state index is 0.934. The van der Waals surface area contributed by atoms with Crippen LogP contribution in [0.15, 0.2) is 23.8 Å². The smallest absolute Gasteiger partial charge is 0.121 e. The van der Waals surface area contributed by atoms with Crippen LogP contribution in [0, 0.1) is 12.1 Å². The highest BCUT2D eigenvalue weighted by Gasteiger charge is 2.18. The van der Waals surface area contributed by atoms with Crippen LogP contribution in [0.2, 0.25) is 0 Å². The van der Waals surface area contributed by atoms with E-state index >= 15 is 0 Å². The average Bonchev–Trinajstić information content (AvgIpc) is 2.47. The first kappa shape index (κ1) is 7.50. The molecule has 2 heteroatoms. The second-order valence-corrected chi connectivity index (χ2v) is 3.01. The summed E-state index contributed by atoms with van der Waals surface area (Å²) in [7, 11) is 1.69. The number of hydrogen-bond acceptors (Lipinski definition) is 1. The van der Waals surface area contributed by atoms with Crippen LogP contribution in [0.4, 0.5) is 0 Å². The Bertz CT molecular complexity index is 265. The SMILES string of the molecule is C=[N+]1CCC2=C[C-](OC)C=C[C-]21. The van der Waals surface area contributed by atoms with Gasteiger partial charge in [-0.15, -0.1) is 6.10 Å². The number of methoxy groups -OCH3 is 1. The third kappa shape index (κ3) is 1.04. The zero-order valence-corrected chi connectivity index (χ0v) is 7.21. The van der Waals surface area contributed by atoms with Crippen molar-refractivity contribution in [3.8, 4) is 0 Å². The largest absolute Gasteiger partial charge is 0.429 e. The summed E-state index contributed by atoms with van der Waals surface area (Å²) < 4.78 is 7.16. The quantitative estimate of drug-likeness (QED) is 0.418. The third-order valence-electron chi connectivity index (χ3n) is 2.28. The molecule has 0 aromatic rings. The van der Waals surface area contributed by atoms with Crippen LogP contribution >= 0.6 is 0 Å². The summed E-state index contributed by atoms with van der Waals surface area (Å²) in [5.41, 5.74) is 1.34. The molecule has 2 nitrogen and oxygen atoms in total. The van der Waals surface area contributed by atoms with Gasteiger partial charge in [-0.25, -0.2) is 12.2 Å². The Morgan fingerprint density at radius 1 is 1.58 bits per heavy atom. The van der Waals surface area contributed by atoms with Gasteiger partial charge in [0.25, 0.3) is 0 Å². The second-order valence-electron chi connectivity index (χ2n) is 3.01. The highest BCUT2D eigenvalue weighted by Crippen LogP contribution is 2.32. The van der Waals surface area contributed by atoms with Crippen molar-refractivity contribution < 1.29 is 9.31 Å². The van der Waals surface area contributed by atoms with Gasteiger partial charge in [-0.05, 0) is 6.42 Å². The summed E-state index contributed by atoms with van der Waals surface area (Å²) in [6.07, 6.45) is 8.14. The van der Waals surface area contributed by atoms with Crippen molar-refractivity contribution in [1.29, 1.82) is 0 Å². The lowest BCUT2D eigenvalue weighted by Crippen LogP contribution is -2.10. The summed E-state index contributed by atoms with van der Waals surface area (Å²) in [5, 5.41) is 0. The van der Waals surface area contributed by atoms with Crippen LogP contribution in [0.25, 0.3) is 0 Å². The van der Waals surface area contributed by atoms with Crippen LogP contribution in [-0.2, 0) is 4.74 Å². The van der Waals surface area contributed by atoms with Crippen molar-refractivity contribution in [3.05, 3.63) is 35.9 Å². The summed E-state index contributed by atoms with van der Waals surface area (Å²) in [6, 6.07) is 1.23. The Balaban J connectivity index is 2.22. The first-order chi connectivity index (χ1) is 5.81. The molecule has 1 saturated heterocycles. The molecule has 2 rings (SSSR count). The van der Waals surface area contributed by atoms with Crippen molar-refractivity contribution in [1.82, 2.24) is 0 Å². The van der Waals surface area contributed by atoms with Gasteiger partial charge in [-0.1, -0.05) is 0 Å². The normalized spacial score (nSPS) is 21.4. The zero-order valence-electron chi connectivity index (χ0n) is 7.21. The van der Waals surface area contributed by atoms with E-state index < -0.39 is 0 Å². The average molecular weight is 162 g/mol. The maximum atomic E-state index is 5.14. The fraction of sp³-hybridized carbons (Fsp3) is 0.300. The molecule has 0 saturated carbocycles. The first-order valence-electron chi connectivity index (χ1n) is 4.06. The Morgan fingerprint density at radius 2 is 2.42 bits per heavy atom. The van der Waals surface area contributed by atoms with E-state index in [1.165, 1.54) is 11.6 Å². The zero-order chi connectivity index (χ0) is 8.55. The lowest BCUT2D eigenvalue weighted by atomic mass is 10.0. The Morgan fingerprint density at radius 3 is 3.17 bits per heavy atom. The van der Waals surface area contributed by atoms with Gasteiger partial charge < -0.3 is 9.31 Å². The maximum Gasteiger partial charge on any atom is 0.121 e. The van der Waals surface area contributed by atoms with E-state index in [9.17, 15) is 0 Å². The van der Waals surface area contributed by atoms with Gasteiger partial charge in [0.2, 0.25) is 0 Å². The molecular formula is C10H12NO-. The van der Waals surface area contributed by atoms with Crippen molar-refractivity contribution in [2.45, 2.75) is 6.42 Å². The van der Waals surface area contributed by atoms with Crippen LogP contribution in [0.3, 0.4) is 0 Å². The lowest BCUT2D eigenvalue weighted by Gasteiger charge is -2.29. The number of rotatable bonds is 1. The van der Waals surface area contributed by atoms with Gasteiger partial charge in [-0.2, -0.15) is 11.6 Å². The molecule has 1 fully saturated rings. The number of ether oxygens (including phenoxy) is 1. The van der Waals surface area contributed by atoms with Gasteiger partial charge in [0, 0.05) is 13.2 Å². The molecule has 0 amide bonds. The van der Waals surface area contributed by atoms with Gasteiger partial charge in [0.1, 0.15) is 6.54 Å². The van der Waals surface area contributed by atoms with Crippen molar-refractivity contribution in [2.24, 2.45) is 0 Å². The van der Waals surface area contributed by atoms with Gasteiger partial charge in [-0.3, -0.25) is 0 Å². The maximum absolute atomic E-state index is 5.14. The summed E-state index contributed by atoms with van der Waals surface area (Å²) in [6.45, 7) is 4.94. The predicted molar refractivity (Wildman–Crippen MR) is 47.6 cm³/mol. The van der Waals surface area contributed by atoms with E-state index in [1.807, 2.05) is 10.7 Å². The number of hydrogen-bond donors (Lipinski definition) is 0. The second kappa shape index (κ2) is 2.72. The van der Waals surface area contributed by atoms with E-state index in [2.05, 4.69) is 18.9 Å². The van der Waals surface area contributed by atoms with E-state index in [4.69, 9.17) is 4.74 Å². The molecule has 1 heterocycles. The van der Waals surface area contributed by atoms with E-state index in [0.717, 1.165) is 19.1 Å². The molecule has 0 atom stereocenters. The number of fused-ring (bicyclic) bond motifs is 1. The molecule has 1 aliphatic carbocycles. The van der Waals surface area contributed by atoms with Crippen LogP contribution in [-0.4, -0.2) is 24.9 Å².